The topological polar surface area (TPSA) is 88.7 Å². The molecule has 0 saturated heterocycles. The van der Waals surface area contributed by atoms with Gasteiger partial charge in [0.2, 0.25) is 0 Å². The molecule has 2 rings (SSSR count). The predicted molar refractivity (Wildman–Crippen MR) is 85.2 cm³/mol. The number of amides is 1. The first kappa shape index (κ1) is 16.0. The number of aromatic hydroxyl groups is 1. The normalized spacial score (nSPS) is 10.9. The van der Waals surface area contributed by atoms with E-state index in [1.54, 1.807) is 25.4 Å². The van der Waals surface area contributed by atoms with Crippen molar-refractivity contribution in [3.63, 3.8) is 0 Å². The quantitative estimate of drug-likeness (QED) is 0.625. The highest BCUT2D eigenvalue weighted by Crippen LogP contribution is 2.26. The van der Waals surface area contributed by atoms with Crippen molar-refractivity contribution in [1.82, 2.24) is 15.2 Å². The Labute approximate surface area is 135 Å². The fourth-order valence-electron chi connectivity index (χ4n) is 1.72. The van der Waals surface area contributed by atoms with Gasteiger partial charge in [-0.3, -0.25) is 9.48 Å². The molecule has 116 valence electrons. The van der Waals surface area contributed by atoms with E-state index in [2.05, 4.69) is 31.6 Å². The maximum absolute atomic E-state index is 11.9. The van der Waals surface area contributed by atoms with E-state index in [0.717, 1.165) is 0 Å². The van der Waals surface area contributed by atoms with Gasteiger partial charge < -0.3 is 9.84 Å². The van der Waals surface area contributed by atoms with Crippen LogP contribution in [0.3, 0.4) is 0 Å². The number of carbonyl (C=O) groups is 1. The van der Waals surface area contributed by atoms with E-state index < -0.39 is 5.91 Å². The molecular weight excluding hydrogens is 352 g/mol. The number of rotatable bonds is 5. The predicted octanol–water partition coefficient (Wildman–Crippen LogP) is 2.05. The smallest absolute Gasteiger partial charge is 0.293 e. The minimum absolute atomic E-state index is 0.0181. The number of carbonyl (C=O) groups excluding carboxylic acids is 1. The van der Waals surface area contributed by atoms with Gasteiger partial charge in [-0.25, -0.2) is 5.43 Å². The summed E-state index contributed by atoms with van der Waals surface area (Å²) >= 11 is 3.24. The molecular formula is C14H15BrN4O3. The average Bonchev–Trinajstić information content (AvgIpc) is 2.81. The second-order valence-corrected chi connectivity index (χ2v) is 5.21. The molecule has 0 spiro atoms. The van der Waals surface area contributed by atoms with Crippen molar-refractivity contribution < 1.29 is 14.6 Å². The fourth-order valence-corrected chi connectivity index (χ4v) is 2.28. The monoisotopic (exact) mass is 366 g/mol. The summed E-state index contributed by atoms with van der Waals surface area (Å²) in [6, 6.07) is 4.85. The van der Waals surface area contributed by atoms with Crippen molar-refractivity contribution in [3.8, 4) is 11.5 Å². The largest absolute Gasteiger partial charge is 0.504 e. The number of aryl methyl sites for hydroxylation is 1. The highest BCUT2D eigenvalue weighted by atomic mass is 79.9. The van der Waals surface area contributed by atoms with Crippen molar-refractivity contribution >= 4 is 28.1 Å². The van der Waals surface area contributed by atoms with Crippen LogP contribution in [0, 0.1) is 0 Å². The Morgan fingerprint density at radius 2 is 2.36 bits per heavy atom. The van der Waals surface area contributed by atoms with Crippen LogP contribution >= 0.6 is 15.9 Å². The molecule has 2 N–H and O–H groups in total. The number of hydrogen-bond donors (Lipinski definition) is 2. The highest BCUT2D eigenvalue weighted by molar-refractivity contribution is 9.10. The summed E-state index contributed by atoms with van der Waals surface area (Å²) in [6.07, 6.45) is 3.09. The van der Waals surface area contributed by atoms with Crippen LogP contribution in [-0.2, 0) is 7.05 Å². The third kappa shape index (κ3) is 3.85. The number of hydrazone groups is 1. The molecule has 0 fully saturated rings. The number of ether oxygens (including phenoxy) is 1. The van der Waals surface area contributed by atoms with Gasteiger partial charge in [0.25, 0.3) is 5.91 Å². The lowest BCUT2D eigenvalue weighted by atomic mass is 10.2. The van der Waals surface area contributed by atoms with Crippen molar-refractivity contribution in [3.05, 3.63) is 40.1 Å². The summed E-state index contributed by atoms with van der Waals surface area (Å²) < 4.78 is 7.33. The average molecular weight is 367 g/mol. The van der Waals surface area contributed by atoms with E-state index in [1.807, 2.05) is 6.92 Å². The standard InChI is InChI=1S/C14H15BrN4O3/c1-3-22-12-5-4-9(6-11(12)20)7-16-17-14(21)13-10(15)8-19(2)18-13/h4-8,20H,3H2,1-2H3,(H,17,21)/b16-7-. The summed E-state index contributed by atoms with van der Waals surface area (Å²) in [5.41, 5.74) is 3.24. The second kappa shape index (κ2) is 7.08. The van der Waals surface area contributed by atoms with Gasteiger partial charge in [0, 0.05) is 13.2 Å². The van der Waals surface area contributed by atoms with Crippen LogP contribution in [0.2, 0.25) is 0 Å². The zero-order valence-corrected chi connectivity index (χ0v) is 13.7. The molecule has 0 aliphatic carbocycles. The van der Waals surface area contributed by atoms with Crippen LogP contribution in [0.1, 0.15) is 23.0 Å². The summed E-state index contributed by atoms with van der Waals surface area (Å²) in [6.45, 7) is 2.30. The van der Waals surface area contributed by atoms with Gasteiger partial charge in [-0.2, -0.15) is 10.2 Å². The van der Waals surface area contributed by atoms with Crippen LogP contribution in [0.4, 0.5) is 0 Å². The number of nitrogens with zero attached hydrogens (tertiary/aromatic N) is 3. The van der Waals surface area contributed by atoms with Crippen molar-refractivity contribution in [2.24, 2.45) is 12.1 Å². The number of hydrogen-bond acceptors (Lipinski definition) is 5. The Kier molecular flexibility index (Phi) is 5.16. The van der Waals surface area contributed by atoms with Crippen LogP contribution < -0.4 is 10.2 Å². The first-order valence-corrected chi connectivity index (χ1v) is 7.29. The van der Waals surface area contributed by atoms with Crippen LogP contribution in [0.25, 0.3) is 0 Å². The molecule has 0 bridgehead atoms. The number of nitrogens with one attached hydrogen (secondary N) is 1. The molecule has 7 nitrogen and oxygen atoms in total. The summed E-state index contributed by atoms with van der Waals surface area (Å²) in [7, 11) is 1.72. The van der Waals surface area contributed by atoms with Crippen LogP contribution in [0.5, 0.6) is 11.5 Å². The van der Waals surface area contributed by atoms with Gasteiger partial charge in [-0.15, -0.1) is 0 Å². The molecule has 0 atom stereocenters. The third-order valence-electron chi connectivity index (χ3n) is 2.66. The van der Waals surface area contributed by atoms with Crippen LogP contribution in [0.15, 0.2) is 34.0 Å². The molecule has 1 heterocycles. The Morgan fingerprint density at radius 1 is 1.59 bits per heavy atom. The molecule has 1 aromatic carbocycles. The SMILES string of the molecule is CCOc1ccc(/C=N\NC(=O)c2nn(C)cc2Br)cc1O. The lowest BCUT2D eigenvalue weighted by molar-refractivity contribution is 0.0948. The lowest BCUT2D eigenvalue weighted by Crippen LogP contribution is -2.18. The first-order chi connectivity index (χ1) is 10.5. The van der Waals surface area contributed by atoms with Gasteiger partial charge in [-0.05, 0) is 46.6 Å². The minimum Gasteiger partial charge on any atom is -0.504 e. The number of aromatic nitrogens is 2. The second-order valence-electron chi connectivity index (χ2n) is 4.36. The zero-order chi connectivity index (χ0) is 16.1. The molecule has 0 radical (unpaired) electrons. The van der Waals surface area contributed by atoms with E-state index >= 15 is 0 Å². The maximum atomic E-state index is 11.9. The van der Waals surface area contributed by atoms with Crippen molar-refractivity contribution in [2.45, 2.75) is 6.92 Å². The molecule has 0 unspecified atom stereocenters. The molecule has 2 aromatic rings. The zero-order valence-electron chi connectivity index (χ0n) is 12.1. The van der Waals surface area contributed by atoms with Gasteiger partial charge in [-0.1, -0.05) is 0 Å². The molecule has 8 heteroatoms. The molecule has 1 aromatic heterocycles. The minimum atomic E-state index is -0.432. The summed E-state index contributed by atoms with van der Waals surface area (Å²) in [5, 5.41) is 17.6. The highest BCUT2D eigenvalue weighted by Gasteiger charge is 2.13. The van der Waals surface area contributed by atoms with E-state index in [4.69, 9.17) is 4.74 Å². The maximum Gasteiger partial charge on any atom is 0.293 e. The first-order valence-electron chi connectivity index (χ1n) is 6.49. The number of phenolic OH excluding ortho intramolecular Hbond substituents is 1. The Bertz CT molecular complexity index is 712. The molecule has 0 aliphatic rings. The number of halogens is 1. The van der Waals surface area contributed by atoms with Gasteiger partial charge in [0.1, 0.15) is 0 Å². The van der Waals surface area contributed by atoms with Crippen molar-refractivity contribution in [1.29, 1.82) is 0 Å². The number of phenols is 1. The van der Waals surface area contributed by atoms with E-state index in [9.17, 15) is 9.90 Å². The Balaban J connectivity index is 2.02. The molecule has 0 saturated carbocycles. The van der Waals surface area contributed by atoms with Crippen molar-refractivity contribution in [2.75, 3.05) is 6.61 Å². The van der Waals surface area contributed by atoms with E-state index in [-0.39, 0.29) is 11.4 Å². The molecule has 22 heavy (non-hydrogen) atoms. The number of benzene rings is 1. The fraction of sp³-hybridized carbons (Fsp3) is 0.214. The summed E-state index contributed by atoms with van der Waals surface area (Å²) in [4.78, 5) is 11.9. The van der Waals surface area contributed by atoms with Gasteiger partial charge >= 0.3 is 0 Å². The third-order valence-corrected chi connectivity index (χ3v) is 3.24. The summed E-state index contributed by atoms with van der Waals surface area (Å²) in [5.74, 6) is -0.00965. The van der Waals surface area contributed by atoms with Crippen LogP contribution in [-0.4, -0.2) is 33.6 Å². The molecule has 0 aliphatic heterocycles. The van der Waals surface area contributed by atoms with E-state index in [1.165, 1.54) is 17.0 Å². The van der Waals surface area contributed by atoms with E-state index in [0.29, 0.717) is 22.4 Å². The molecule has 1 amide bonds. The van der Waals surface area contributed by atoms with Gasteiger partial charge in [0.15, 0.2) is 17.2 Å². The Hall–Kier alpha value is -2.35. The Morgan fingerprint density at radius 3 is 2.95 bits per heavy atom. The lowest BCUT2D eigenvalue weighted by Gasteiger charge is -2.05. The van der Waals surface area contributed by atoms with Gasteiger partial charge in [0.05, 0.1) is 17.3 Å².